The van der Waals surface area contributed by atoms with Gasteiger partial charge in [0.15, 0.2) is 0 Å². The van der Waals surface area contributed by atoms with Gasteiger partial charge in [-0.15, -0.1) is 0 Å². The molecular weight excluding hydrogens is 392 g/mol. The predicted octanol–water partition coefficient (Wildman–Crippen LogP) is 7.87. The van der Waals surface area contributed by atoms with Crippen molar-refractivity contribution >= 4 is 11.0 Å². The fourth-order valence-electron chi connectivity index (χ4n) is 3.76. The quantitative estimate of drug-likeness (QED) is 0.312. The molecule has 4 heteroatoms. The standard InChI is InChI=1S/C26H24N4.C2H6.H2/c1-3-18(2)19-13-15-21(16-14-19)30-17-22(25(29-30)20-9-5-4-6-10-20)26-27-23-11-7-8-12-24(23)28-26;1-2;/h4-18H,3H2,1-2H3,(H,27,28);1-2H3;1H. The molecule has 0 bridgehead atoms. The Bertz CT molecular complexity index is 1250. The number of aromatic amines is 1. The van der Waals surface area contributed by atoms with Gasteiger partial charge >= 0.3 is 0 Å². The fourth-order valence-corrected chi connectivity index (χ4v) is 3.76. The minimum atomic E-state index is 0. The first-order chi connectivity index (χ1) is 15.7. The van der Waals surface area contributed by atoms with E-state index in [0.29, 0.717) is 5.92 Å². The molecule has 1 unspecified atom stereocenters. The highest BCUT2D eigenvalue weighted by atomic mass is 15.3. The summed E-state index contributed by atoms with van der Waals surface area (Å²) in [7, 11) is 0. The Labute approximate surface area is 191 Å². The molecule has 0 spiro atoms. The first-order valence-electron chi connectivity index (χ1n) is 11.4. The van der Waals surface area contributed by atoms with E-state index in [1.807, 2.05) is 61.0 Å². The summed E-state index contributed by atoms with van der Waals surface area (Å²) in [4.78, 5) is 8.27. The van der Waals surface area contributed by atoms with E-state index >= 15 is 0 Å². The number of hydrogen-bond acceptors (Lipinski definition) is 2. The molecule has 164 valence electrons. The highest BCUT2D eigenvalue weighted by Crippen LogP contribution is 2.32. The van der Waals surface area contributed by atoms with Gasteiger partial charge in [0.1, 0.15) is 11.5 Å². The largest absolute Gasteiger partial charge is 0.338 e. The van der Waals surface area contributed by atoms with Gasteiger partial charge in [-0.05, 0) is 42.2 Å². The van der Waals surface area contributed by atoms with Crippen molar-refractivity contribution in [3.63, 3.8) is 0 Å². The normalized spacial score (nSPS) is 11.8. The lowest BCUT2D eigenvalue weighted by atomic mass is 9.99. The highest BCUT2D eigenvalue weighted by Gasteiger charge is 2.17. The van der Waals surface area contributed by atoms with Crippen molar-refractivity contribution in [2.45, 2.75) is 40.0 Å². The van der Waals surface area contributed by atoms with Crippen LogP contribution in [0.15, 0.2) is 85.1 Å². The summed E-state index contributed by atoms with van der Waals surface area (Å²) < 4.78 is 1.95. The van der Waals surface area contributed by atoms with Crippen LogP contribution in [0.3, 0.4) is 0 Å². The van der Waals surface area contributed by atoms with Gasteiger partial charge in [-0.25, -0.2) is 9.67 Å². The molecule has 0 aliphatic heterocycles. The van der Waals surface area contributed by atoms with E-state index in [2.05, 4.69) is 61.4 Å². The zero-order chi connectivity index (χ0) is 22.5. The number of benzene rings is 3. The SMILES string of the molecule is CC.CCC(C)c1ccc(-n2cc(-c3nc4ccccc4[nH]3)c(-c3ccccc3)n2)cc1.[HH]. The molecule has 1 N–H and O–H groups in total. The molecule has 5 aromatic rings. The molecule has 0 fully saturated rings. The van der Waals surface area contributed by atoms with Crippen LogP contribution < -0.4 is 0 Å². The number of nitrogens with zero attached hydrogens (tertiary/aromatic N) is 3. The summed E-state index contributed by atoms with van der Waals surface area (Å²) in [6.07, 6.45) is 3.20. The Hall–Kier alpha value is -3.66. The lowest BCUT2D eigenvalue weighted by Gasteiger charge is -2.09. The van der Waals surface area contributed by atoms with Crippen LogP contribution in [0.4, 0.5) is 0 Å². The average Bonchev–Trinajstić information content (AvgIpc) is 3.50. The fraction of sp³-hybridized carbons (Fsp3) is 0.214. The van der Waals surface area contributed by atoms with Crippen molar-refractivity contribution in [1.82, 2.24) is 19.7 Å². The maximum atomic E-state index is 4.95. The van der Waals surface area contributed by atoms with Gasteiger partial charge < -0.3 is 4.98 Å². The Morgan fingerprint density at radius 2 is 1.59 bits per heavy atom. The molecule has 1 atom stereocenters. The van der Waals surface area contributed by atoms with Crippen LogP contribution in [0.25, 0.3) is 39.4 Å². The molecule has 0 saturated heterocycles. The molecule has 5 rings (SSSR count). The number of nitrogens with one attached hydrogen (secondary N) is 1. The summed E-state index contributed by atoms with van der Waals surface area (Å²) in [5, 5.41) is 4.95. The van der Waals surface area contributed by atoms with Gasteiger partial charge in [0.25, 0.3) is 0 Å². The lowest BCUT2D eigenvalue weighted by Crippen LogP contribution is -1.97. The van der Waals surface area contributed by atoms with Crippen molar-refractivity contribution in [3.8, 4) is 28.3 Å². The van der Waals surface area contributed by atoms with Crippen molar-refractivity contribution in [1.29, 1.82) is 0 Å². The van der Waals surface area contributed by atoms with Crippen LogP contribution in [0, 0.1) is 0 Å². The molecule has 2 heterocycles. The molecule has 0 saturated carbocycles. The third-order valence-electron chi connectivity index (χ3n) is 5.74. The zero-order valence-electron chi connectivity index (χ0n) is 19.2. The van der Waals surface area contributed by atoms with Crippen LogP contribution in [0.1, 0.15) is 47.0 Å². The number of hydrogen-bond donors (Lipinski definition) is 1. The minimum Gasteiger partial charge on any atom is -0.338 e. The first-order valence-corrected chi connectivity index (χ1v) is 11.4. The van der Waals surface area contributed by atoms with Gasteiger partial charge in [-0.1, -0.05) is 82.3 Å². The second-order valence-corrected chi connectivity index (χ2v) is 7.71. The molecule has 0 radical (unpaired) electrons. The third kappa shape index (κ3) is 4.22. The molecule has 0 amide bonds. The maximum Gasteiger partial charge on any atom is 0.142 e. The number of aromatic nitrogens is 4. The molecule has 32 heavy (non-hydrogen) atoms. The molecule has 4 nitrogen and oxygen atoms in total. The van der Waals surface area contributed by atoms with Gasteiger partial charge in [-0.2, -0.15) is 5.10 Å². The molecule has 2 aromatic heterocycles. The van der Waals surface area contributed by atoms with E-state index in [-0.39, 0.29) is 1.43 Å². The van der Waals surface area contributed by atoms with Crippen LogP contribution >= 0.6 is 0 Å². The van der Waals surface area contributed by atoms with Crippen LogP contribution in [-0.4, -0.2) is 19.7 Å². The van der Waals surface area contributed by atoms with Crippen molar-refractivity contribution < 1.29 is 1.43 Å². The molecule has 0 aliphatic rings. The van der Waals surface area contributed by atoms with Gasteiger partial charge in [0, 0.05) is 13.2 Å². The van der Waals surface area contributed by atoms with Gasteiger partial charge in [-0.3, -0.25) is 0 Å². The van der Waals surface area contributed by atoms with E-state index in [9.17, 15) is 0 Å². The van der Waals surface area contributed by atoms with E-state index < -0.39 is 0 Å². The van der Waals surface area contributed by atoms with E-state index in [4.69, 9.17) is 10.1 Å². The van der Waals surface area contributed by atoms with E-state index in [1.165, 1.54) is 5.56 Å². The average molecular weight is 425 g/mol. The van der Waals surface area contributed by atoms with Crippen LogP contribution in [0.2, 0.25) is 0 Å². The molecule has 3 aromatic carbocycles. The van der Waals surface area contributed by atoms with E-state index in [0.717, 1.165) is 45.8 Å². The van der Waals surface area contributed by atoms with Crippen molar-refractivity contribution in [3.05, 3.63) is 90.6 Å². The van der Waals surface area contributed by atoms with Crippen molar-refractivity contribution in [2.75, 3.05) is 0 Å². The summed E-state index contributed by atoms with van der Waals surface area (Å²) >= 11 is 0. The lowest BCUT2D eigenvalue weighted by molar-refractivity contribution is 0.732. The number of fused-ring (bicyclic) bond motifs is 1. The monoisotopic (exact) mass is 424 g/mol. The van der Waals surface area contributed by atoms with Crippen LogP contribution in [0.5, 0.6) is 0 Å². The second kappa shape index (κ2) is 9.65. The Morgan fingerprint density at radius 1 is 0.906 bits per heavy atom. The van der Waals surface area contributed by atoms with Crippen molar-refractivity contribution in [2.24, 2.45) is 0 Å². The highest BCUT2D eigenvalue weighted by molar-refractivity contribution is 5.84. The number of imidazole rings is 1. The summed E-state index contributed by atoms with van der Waals surface area (Å²) in [6, 6.07) is 27.1. The zero-order valence-corrected chi connectivity index (χ0v) is 19.2. The Kier molecular flexibility index (Phi) is 6.50. The first kappa shape index (κ1) is 21.6. The maximum absolute atomic E-state index is 4.95. The van der Waals surface area contributed by atoms with Gasteiger partial charge in [0.2, 0.25) is 0 Å². The molecular formula is C28H32N4. The van der Waals surface area contributed by atoms with Gasteiger partial charge in [0.05, 0.1) is 22.3 Å². The number of H-pyrrole nitrogens is 1. The topological polar surface area (TPSA) is 46.5 Å². The smallest absolute Gasteiger partial charge is 0.142 e. The Morgan fingerprint density at radius 3 is 2.28 bits per heavy atom. The summed E-state index contributed by atoms with van der Waals surface area (Å²) in [5.41, 5.74) is 7.36. The number of rotatable bonds is 5. The predicted molar refractivity (Wildman–Crippen MR) is 136 cm³/mol. The Balaban J connectivity index is 0.000000994. The van der Waals surface area contributed by atoms with Crippen LogP contribution in [-0.2, 0) is 0 Å². The number of para-hydroxylation sites is 2. The van der Waals surface area contributed by atoms with E-state index in [1.54, 1.807) is 0 Å². The summed E-state index contributed by atoms with van der Waals surface area (Å²) in [6.45, 7) is 8.48. The summed E-state index contributed by atoms with van der Waals surface area (Å²) in [5.74, 6) is 1.39. The molecule has 0 aliphatic carbocycles. The second-order valence-electron chi connectivity index (χ2n) is 7.71. The third-order valence-corrected chi connectivity index (χ3v) is 5.74. The minimum absolute atomic E-state index is 0.